The Kier molecular flexibility index (Phi) is 7.09. The molecule has 2 N–H and O–H groups in total. The van der Waals surface area contributed by atoms with Crippen LogP contribution in [0.1, 0.15) is 93.4 Å². The monoisotopic (exact) mass is 572 g/mol. The first kappa shape index (κ1) is 28.5. The molecule has 0 saturated carbocycles. The Morgan fingerprint density at radius 2 is 1.02 bits per heavy atom. The van der Waals surface area contributed by atoms with Crippen LogP contribution in [0.2, 0.25) is 0 Å². The number of carbonyl (C=O) groups is 8. The van der Waals surface area contributed by atoms with Crippen LogP contribution in [-0.2, 0) is 24.6 Å². The summed E-state index contributed by atoms with van der Waals surface area (Å²) in [6.07, 6.45) is 0.594. The van der Waals surface area contributed by atoms with Crippen LogP contribution in [0.3, 0.4) is 0 Å². The van der Waals surface area contributed by atoms with Gasteiger partial charge in [-0.2, -0.15) is 0 Å². The van der Waals surface area contributed by atoms with Crippen LogP contribution in [0.15, 0.2) is 42.5 Å². The van der Waals surface area contributed by atoms with Gasteiger partial charge in [0.25, 0.3) is 23.6 Å². The minimum absolute atomic E-state index is 0.121. The molecule has 4 aliphatic heterocycles. The van der Waals surface area contributed by atoms with E-state index in [1.54, 1.807) is 36.4 Å². The van der Waals surface area contributed by atoms with Crippen LogP contribution in [0.5, 0.6) is 0 Å². The lowest BCUT2D eigenvalue weighted by Crippen LogP contribution is -2.54. The highest BCUT2D eigenvalue weighted by Gasteiger charge is 2.47. The van der Waals surface area contributed by atoms with Gasteiger partial charge in [0, 0.05) is 12.8 Å². The number of nitrogens with zero attached hydrogens (tertiary/aromatic N) is 2. The molecular weight excluding hydrogens is 544 g/mol. The van der Waals surface area contributed by atoms with Crippen LogP contribution in [-0.4, -0.2) is 69.1 Å². The molecule has 0 aliphatic carbocycles. The largest absolute Gasteiger partial charge is 0.295 e. The SMILES string of the molecule is CC(C)(C)c1cccc2c1C(=O)N(C1CCC(=O)NC1=O)C2=O.O=C1CCC(N2C(=O)c3ccccc3C2=O)C(=O)N1. The molecule has 2 fully saturated rings. The maximum Gasteiger partial charge on any atom is 0.262 e. The summed E-state index contributed by atoms with van der Waals surface area (Å²) in [5.74, 6) is -3.81. The van der Waals surface area contributed by atoms with Crippen LogP contribution < -0.4 is 10.6 Å². The summed E-state index contributed by atoms with van der Waals surface area (Å²) in [6.45, 7) is 5.90. The van der Waals surface area contributed by atoms with E-state index in [4.69, 9.17) is 0 Å². The molecule has 2 saturated heterocycles. The topological polar surface area (TPSA) is 167 Å². The third-order valence-electron chi connectivity index (χ3n) is 7.62. The maximum atomic E-state index is 12.8. The molecule has 12 heteroatoms. The highest BCUT2D eigenvalue weighted by Crippen LogP contribution is 2.35. The summed E-state index contributed by atoms with van der Waals surface area (Å²) in [4.78, 5) is 98.0. The van der Waals surface area contributed by atoms with Gasteiger partial charge in [-0.25, -0.2) is 0 Å². The molecule has 12 nitrogen and oxygen atoms in total. The smallest absolute Gasteiger partial charge is 0.262 e. The van der Waals surface area contributed by atoms with Crippen molar-refractivity contribution in [2.24, 2.45) is 0 Å². The Hall–Kier alpha value is -5.00. The van der Waals surface area contributed by atoms with Crippen LogP contribution in [0.4, 0.5) is 0 Å². The van der Waals surface area contributed by atoms with E-state index in [-0.39, 0.29) is 42.9 Å². The molecule has 8 amide bonds. The van der Waals surface area contributed by atoms with Crippen LogP contribution in [0.25, 0.3) is 0 Å². The second-order valence-electron chi connectivity index (χ2n) is 11.4. The lowest BCUT2D eigenvalue weighted by atomic mass is 9.82. The summed E-state index contributed by atoms with van der Waals surface area (Å²) in [7, 11) is 0. The Morgan fingerprint density at radius 3 is 1.48 bits per heavy atom. The molecule has 0 radical (unpaired) electrons. The predicted molar refractivity (Wildman–Crippen MR) is 145 cm³/mol. The Bertz CT molecular complexity index is 1570. The molecule has 0 bridgehead atoms. The molecule has 0 aromatic heterocycles. The number of amides is 8. The number of carbonyl (C=O) groups excluding carboxylic acids is 8. The summed E-state index contributed by atoms with van der Waals surface area (Å²) in [5.41, 5.74) is 1.78. The number of nitrogens with one attached hydrogen (secondary N) is 2. The van der Waals surface area contributed by atoms with Gasteiger partial charge in [-0.15, -0.1) is 0 Å². The zero-order chi connectivity index (χ0) is 30.5. The number of imide groups is 4. The first-order valence-electron chi connectivity index (χ1n) is 13.5. The van der Waals surface area contributed by atoms with Crippen molar-refractivity contribution >= 4 is 47.3 Å². The molecule has 2 atom stereocenters. The summed E-state index contributed by atoms with van der Waals surface area (Å²) >= 11 is 0. The molecule has 2 aromatic carbocycles. The van der Waals surface area contributed by atoms with Crippen molar-refractivity contribution in [2.45, 2.75) is 64.0 Å². The van der Waals surface area contributed by atoms with Gasteiger partial charge >= 0.3 is 0 Å². The summed E-state index contributed by atoms with van der Waals surface area (Å²) in [5, 5.41) is 4.35. The minimum atomic E-state index is -0.923. The molecule has 2 unspecified atom stereocenters. The van der Waals surface area contributed by atoms with Gasteiger partial charge in [0.15, 0.2) is 0 Å². The fraction of sp³-hybridized carbons (Fsp3) is 0.333. The van der Waals surface area contributed by atoms with E-state index < -0.39 is 47.5 Å². The molecule has 0 spiro atoms. The second-order valence-corrected chi connectivity index (χ2v) is 11.4. The van der Waals surface area contributed by atoms with Crippen molar-refractivity contribution in [2.75, 3.05) is 0 Å². The molecule has 4 heterocycles. The molecule has 2 aromatic rings. The van der Waals surface area contributed by atoms with Crippen LogP contribution in [0, 0.1) is 0 Å². The number of piperidine rings is 2. The van der Waals surface area contributed by atoms with E-state index >= 15 is 0 Å². The molecule has 6 rings (SSSR count). The van der Waals surface area contributed by atoms with E-state index in [1.807, 2.05) is 26.8 Å². The van der Waals surface area contributed by atoms with Crippen molar-refractivity contribution in [1.29, 1.82) is 0 Å². The van der Waals surface area contributed by atoms with Crippen LogP contribution >= 0.6 is 0 Å². The van der Waals surface area contributed by atoms with Gasteiger partial charge in [0.05, 0.1) is 22.3 Å². The number of hydrogen-bond acceptors (Lipinski definition) is 8. The highest BCUT2D eigenvalue weighted by molar-refractivity contribution is 6.24. The minimum Gasteiger partial charge on any atom is -0.295 e. The fourth-order valence-electron chi connectivity index (χ4n) is 5.56. The van der Waals surface area contributed by atoms with Gasteiger partial charge in [-0.3, -0.25) is 58.8 Å². The van der Waals surface area contributed by atoms with Crippen molar-refractivity contribution in [3.63, 3.8) is 0 Å². The van der Waals surface area contributed by atoms with E-state index in [0.717, 1.165) is 15.4 Å². The molecule has 4 aliphatic rings. The third kappa shape index (κ3) is 4.78. The molecule has 216 valence electrons. The zero-order valence-corrected chi connectivity index (χ0v) is 23.2. The first-order chi connectivity index (χ1) is 19.8. The Labute approximate surface area is 240 Å². The zero-order valence-electron chi connectivity index (χ0n) is 23.2. The second kappa shape index (κ2) is 10.4. The predicted octanol–water partition coefficient (Wildman–Crippen LogP) is 1.47. The van der Waals surface area contributed by atoms with Gasteiger partial charge in [0.2, 0.25) is 23.6 Å². The lowest BCUT2D eigenvalue weighted by Gasteiger charge is -2.28. The standard InChI is InChI=1S/C17H18N2O4.C13H10N2O4/c1-17(2,3)10-6-4-5-9-13(10)16(23)19(15(9)22)11-7-8-12(20)18-14(11)21;16-10-6-5-9(11(17)14-10)15-12(18)7-3-1-2-4-8(7)13(15)19/h4-6,11H,7-8H2,1-3H3,(H,18,20,21);1-4,9H,5-6H2,(H,14,16,17). The number of rotatable bonds is 2. The number of fused-ring (bicyclic) bond motifs is 2. The molecule has 42 heavy (non-hydrogen) atoms. The normalized spacial score (nSPS) is 22.0. The first-order valence-corrected chi connectivity index (χ1v) is 13.5. The summed E-state index contributed by atoms with van der Waals surface area (Å²) in [6, 6.07) is 9.81. The highest BCUT2D eigenvalue weighted by atomic mass is 16.2. The van der Waals surface area contributed by atoms with Gasteiger partial charge in [-0.05, 0) is 42.0 Å². The van der Waals surface area contributed by atoms with E-state index in [2.05, 4.69) is 10.6 Å². The number of benzene rings is 2. The quantitative estimate of drug-likeness (QED) is 0.510. The summed E-state index contributed by atoms with van der Waals surface area (Å²) < 4.78 is 0. The van der Waals surface area contributed by atoms with E-state index in [1.165, 1.54) is 0 Å². The van der Waals surface area contributed by atoms with Crippen molar-refractivity contribution in [3.8, 4) is 0 Å². The van der Waals surface area contributed by atoms with Gasteiger partial charge < -0.3 is 0 Å². The Morgan fingerprint density at radius 1 is 0.595 bits per heavy atom. The molecular formula is C30H28N4O8. The van der Waals surface area contributed by atoms with E-state index in [9.17, 15) is 38.4 Å². The third-order valence-corrected chi connectivity index (χ3v) is 7.62. The van der Waals surface area contributed by atoms with Crippen molar-refractivity contribution < 1.29 is 38.4 Å². The van der Waals surface area contributed by atoms with Gasteiger partial charge in [0.1, 0.15) is 12.1 Å². The average molecular weight is 573 g/mol. The Balaban J connectivity index is 0.000000171. The maximum absolute atomic E-state index is 12.8. The number of hydrogen-bond donors (Lipinski definition) is 2. The van der Waals surface area contributed by atoms with E-state index in [0.29, 0.717) is 22.3 Å². The van der Waals surface area contributed by atoms with Crippen molar-refractivity contribution in [3.05, 3.63) is 70.3 Å². The van der Waals surface area contributed by atoms with Crippen molar-refractivity contribution in [1.82, 2.24) is 20.4 Å². The average Bonchev–Trinajstić information content (AvgIpc) is 3.33. The lowest BCUT2D eigenvalue weighted by molar-refractivity contribution is -0.137. The van der Waals surface area contributed by atoms with Gasteiger partial charge in [-0.1, -0.05) is 45.0 Å². The fourth-order valence-corrected chi connectivity index (χ4v) is 5.56.